The van der Waals surface area contributed by atoms with Crippen LogP contribution in [0.2, 0.25) is 0 Å². The number of aliphatic hydroxyl groups is 1. The largest absolute Gasteiger partial charge is 0.508 e. The molecule has 0 aliphatic rings. The monoisotopic (exact) mass is 285 g/mol. The van der Waals surface area contributed by atoms with E-state index >= 15 is 0 Å². The Morgan fingerprint density at radius 3 is 2.57 bits per heavy atom. The van der Waals surface area contributed by atoms with Crippen LogP contribution in [0.15, 0.2) is 48.5 Å². The SMILES string of the molecule is Cc1ccc(C(=O)NCCC(O)c2ccccc2)cc1O. The number of carbonyl (C=O) groups excluding carboxylic acids is 1. The molecule has 0 saturated carbocycles. The number of hydrogen-bond acceptors (Lipinski definition) is 3. The van der Waals surface area contributed by atoms with Gasteiger partial charge in [0.05, 0.1) is 6.10 Å². The average Bonchev–Trinajstić information content (AvgIpc) is 2.50. The van der Waals surface area contributed by atoms with Crippen LogP contribution in [0.3, 0.4) is 0 Å². The Hall–Kier alpha value is -2.33. The zero-order valence-electron chi connectivity index (χ0n) is 11.9. The fourth-order valence-corrected chi connectivity index (χ4v) is 2.02. The highest BCUT2D eigenvalue weighted by Gasteiger charge is 2.10. The van der Waals surface area contributed by atoms with Crippen molar-refractivity contribution in [3.05, 3.63) is 65.2 Å². The van der Waals surface area contributed by atoms with E-state index in [1.165, 1.54) is 6.07 Å². The molecular formula is C17H19NO3. The molecule has 1 amide bonds. The number of aryl methyl sites for hydroxylation is 1. The van der Waals surface area contributed by atoms with Gasteiger partial charge in [0, 0.05) is 12.1 Å². The van der Waals surface area contributed by atoms with Gasteiger partial charge in [0.2, 0.25) is 0 Å². The van der Waals surface area contributed by atoms with Gasteiger partial charge >= 0.3 is 0 Å². The molecule has 0 saturated heterocycles. The highest BCUT2D eigenvalue weighted by molar-refractivity contribution is 5.94. The van der Waals surface area contributed by atoms with Crippen LogP contribution in [-0.4, -0.2) is 22.7 Å². The second-order valence-electron chi connectivity index (χ2n) is 4.97. The van der Waals surface area contributed by atoms with Gasteiger partial charge in [0.15, 0.2) is 0 Å². The van der Waals surface area contributed by atoms with Gasteiger partial charge in [0.25, 0.3) is 5.91 Å². The molecule has 110 valence electrons. The fraction of sp³-hybridized carbons (Fsp3) is 0.235. The summed E-state index contributed by atoms with van der Waals surface area (Å²) in [6.07, 6.45) is -0.161. The third kappa shape index (κ3) is 4.07. The summed E-state index contributed by atoms with van der Waals surface area (Å²) in [4.78, 5) is 11.9. The minimum atomic E-state index is -0.599. The lowest BCUT2D eigenvalue weighted by atomic mass is 10.1. The molecule has 4 heteroatoms. The molecular weight excluding hydrogens is 266 g/mol. The highest BCUT2D eigenvalue weighted by Crippen LogP contribution is 2.18. The van der Waals surface area contributed by atoms with Crippen molar-refractivity contribution in [3.8, 4) is 5.75 Å². The van der Waals surface area contributed by atoms with E-state index < -0.39 is 6.10 Å². The molecule has 2 aromatic carbocycles. The van der Waals surface area contributed by atoms with Crippen molar-refractivity contribution in [2.45, 2.75) is 19.4 Å². The van der Waals surface area contributed by atoms with Crippen LogP contribution in [-0.2, 0) is 0 Å². The Labute approximate surface area is 124 Å². The first-order valence-corrected chi connectivity index (χ1v) is 6.89. The van der Waals surface area contributed by atoms with Gasteiger partial charge in [-0.25, -0.2) is 0 Å². The number of phenols is 1. The molecule has 0 aromatic heterocycles. The van der Waals surface area contributed by atoms with Crippen molar-refractivity contribution in [2.24, 2.45) is 0 Å². The van der Waals surface area contributed by atoms with Crippen molar-refractivity contribution in [2.75, 3.05) is 6.54 Å². The maximum atomic E-state index is 11.9. The number of rotatable bonds is 5. The van der Waals surface area contributed by atoms with E-state index in [0.29, 0.717) is 18.5 Å². The summed E-state index contributed by atoms with van der Waals surface area (Å²) in [5, 5.41) is 22.3. The normalized spacial score (nSPS) is 11.9. The molecule has 1 atom stereocenters. The zero-order valence-corrected chi connectivity index (χ0v) is 11.9. The fourth-order valence-electron chi connectivity index (χ4n) is 2.02. The summed E-state index contributed by atoms with van der Waals surface area (Å²) in [6.45, 7) is 2.14. The summed E-state index contributed by atoms with van der Waals surface area (Å²) in [6, 6.07) is 14.1. The van der Waals surface area contributed by atoms with Gasteiger partial charge in [-0.2, -0.15) is 0 Å². The lowest BCUT2D eigenvalue weighted by Gasteiger charge is -2.12. The maximum absolute atomic E-state index is 11.9. The Morgan fingerprint density at radius 1 is 1.19 bits per heavy atom. The lowest BCUT2D eigenvalue weighted by molar-refractivity contribution is 0.0942. The van der Waals surface area contributed by atoms with E-state index in [9.17, 15) is 15.0 Å². The standard InChI is InChI=1S/C17H19NO3/c1-12-7-8-14(11-16(12)20)17(21)18-10-9-15(19)13-5-3-2-4-6-13/h2-8,11,15,19-20H,9-10H2,1H3,(H,18,21). The first kappa shape index (κ1) is 15.1. The number of aliphatic hydroxyl groups excluding tert-OH is 1. The molecule has 3 N–H and O–H groups in total. The summed E-state index contributed by atoms with van der Waals surface area (Å²) < 4.78 is 0. The van der Waals surface area contributed by atoms with E-state index in [1.54, 1.807) is 19.1 Å². The smallest absolute Gasteiger partial charge is 0.251 e. The first-order chi connectivity index (χ1) is 10.1. The van der Waals surface area contributed by atoms with Crippen LogP contribution >= 0.6 is 0 Å². The third-order valence-corrected chi connectivity index (χ3v) is 3.36. The highest BCUT2D eigenvalue weighted by atomic mass is 16.3. The van der Waals surface area contributed by atoms with Gasteiger partial charge in [-0.15, -0.1) is 0 Å². The molecule has 4 nitrogen and oxygen atoms in total. The minimum absolute atomic E-state index is 0.104. The van der Waals surface area contributed by atoms with Crippen LogP contribution < -0.4 is 5.32 Å². The predicted octanol–water partition coefficient (Wildman–Crippen LogP) is 2.55. The van der Waals surface area contributed by atoms with Gasteiger partial charge < -0.3 is 15.5 Å². The van der Waals surface area contributed by atoms with Crippen molar-refractivity contribution in [3.63, 3.8) is 0 Å². The van der Waals surface area contributed by atoms with Gasteiger partial charge in [-0.3, -0.25) is 4.79 Å². The molecule has 1 unspecified atom stereocenters. The Balaban J connectivity index is 1.85. The molecule has 0 aliphatic carbocycles. The van der Waals surface area contributed by atoms with E-state index in [-0.39, 0.29) is 11.7 Å². The molecule has 21 heavy (non-hydrogen) atoms. The van der Waals surface area contributed by atoms with Crippen LogP contribution in [0.5, 0.6) is 5.75 Å². The number of aromatic hydroxyl groups is 1. The Bertz CT molecular complexity index is 611. The first-order valence-electron chi connectivity index (χ1n) is 6.89. The van der Waals surface area contributed by atoms with Gasteiger partial charge in [-0.05, 0) is 36.6 Å². The van der Waals surface area contributed by atoms with Crippen LogP contribution in [0.25, 0.3) is 0 Å². The molecule has 2 rings (SSSR count). The maximum Gasteiger partial charge on any atom is 0.251 e. The van der Waals surface area contributed by atoms with E-state index in [2.05, 4.69) is 5.32 Å². The van der Waals surface area contributed by atoms with Gasteiger partial charge in [0.1, 0.15) is 5.75 Å². The Morgan fingerprint density at radius 2 is 1.90 bits per heavy atom. The lowest BCUT2D eigenvalue weighted by Crippen LogP contribution is -2.25. The topological polar surface area (TPSA) is 69.6 Å². The number of phenolic OH excluding ortho intramolecular Hbond substituents is 1. The number of carbonyl (C=O) groups is 1. The third-order valence-electron chi connectivity index (χ3n) is 3.36. The van der Waals surface area contributed by atoms with Crippen LogP contribution in [0.4, 0.5) is 0 Å². The number of benzene rings is 2. The van der Waals surface area contributed by atoms with Crippen molar-refractivity contribution >= 4 is 5.91 Å². The van der Waals surface area contributed by atoms with Crippen molar-refractivity contribution < 1.29 is 15.0 Å². The molecule has 0 spiro atoms. The summed E-state index contributed by atoms with van der Waals surface area (Å²) in [7, 11) is 0. The summed E-state index contributed by atoms with van der Waals surface area (Å²) in [5.41, 5.74) is 1.97. The second kappa shape index (κ2) is 6.90. The van der Waals surface area contributed by atoms with Crippen molar-refractivity contribution in [1.29, 1.82) is 0 Å². The van der Waals surface area contributed by atoms with Crippen LogP contribution in [0.1, 0.15) is 34.0 Å². The van der Waals surface area contributed by atoms with Gasteiger partial charge in [-0.1, -0.05) is 36.4 Å². The second-order valence-corrected chi connectivity index (χ2v) is 4.97. The summed E-state index contributed by atoms with van der Waals surface area (Å²) >= 11 is 0. The summed E-state index contributed by atoms with van der Waals surface area (Å²) in [5.74, 6) is -0.155. The van der Waals surface area contributed by atoms with E-state index in [1.807, 2.05) is 30.3 Å². The molecule has 0 fully saturated rings. The molecule has 0 heterocycles. The van der Waals surface area contributed by atoms with Crippen molar-refractivity contribution in [1.82, 2.24) is 5.32 Å². The Kier molecular flexibility index (Phi) is 4.95. The van der Waals surface area contributed by atoms with Crippen LogP contribution in [0, 0.1) is 6.92 Å². The quantitative estimate of drug-likeness (QED) is 0.790. The number of hydrogen-bond donors (Lipinski definition) is 3. The van der Waals surface area contributed by atoms with E-state index in [0.717, 1.165) is 11.1 Å². The molecule has 0 radical (unpaired) electrons. The van der Waals surface area contributed by atoms with E-state index in [4.69, 9.17) is 0 Å². The number of nitrogens with one attached hydrogen (secondary N) is 1. The predicted molar refractivity (Wildman–Crippen MR) is 81.2 cm³/mol. The molecule has 0 bridgehead atoms. The molecule has 2 aromatic rings. The average molecular weight is 285 g/mol. The minimum Gasteiger partial charge on any atom is -0.508 e. The molecule has 0 aliphatic heterocycles. The number of amides is 1. The zero-order chi connectivity index (χ0) is 15.2.